The van der Waals surface area contributed by atoms with Crippen LogP contribution in [0.1, 0.15) is 18.4 Å². The fourth-order valence-corrected chi connectivity index (χ4v) is 5.93. The predicted octanol–water partition coefficient (Wildman–Crippen LogP) is 3.90. The number of anilines is 1. The number of ether oxygens (including phenoxy) is 2. The lowest BCUT2D eigenvalue weighted by molar-refractivity contribution is -0.120. The number of rotatable bonds is 5. The number of halogens is 2. The summed E-state index contributed by atoms with van der Waals surface area (Å²) in [5.41, 5.74) is 0.944. The van der Waals surface area contributed by atoms with Gasteiger partial charge in [-0.3, -0.25) is 4.79 Å². The molecule has 7 nitrogen and oxygen atoms in total. The van der Waals surface area contributed by atoms with E-state index in [-0.39, 0.29) is 25.0 Å². The second-order valence-corrected chi connectivity index (χ2v) is 9.99. The molecule has 2 aliphatic rings. The Morgan fingerprint density at radius 1 is 1.13 bits per heavy atom. The third kappa shape index (κ3) is 4.51. The molecular weight excluding hydrogens is 451 g/mol. The van der Waals surface area contributed by atoms with Gasteiger partial charge >= 0.3 is 0 Å². The van der Waals surface area contributed by atoms with Gasteiger partial charge in [-0.2, -0.15) is 0 Å². The van der Waals surface area contributed by atoms with Crippen LogP contribution in [0.5, 0.6) is 11.5 Å². The van der Waals surface area contributed by atoms with Crippen LogP contribution in [0.25, 0.3) is 0 Å². The molecule has 2 aromatic carbocycles. The Hall–Kier alpha value is -2.00. The van der Waals surface area contributed by atoms with E-state index in [0.717, 1.165) is 0 Å². The number of carbonyl (C=O) groups is 1. The molecule has 0 spiro atoms. The third-order valence-corrected chi connectivity index (χ3v) is 7.66. The van der Waals surface area contributed by atoms with E-state index >= 15 is 0 Å². The summed E-state index contributed by atoms with van der Waals surface area (Å²) in [5.74, 6) is 0.200. The first-order valence-corrected chi connectivity index (χ1v) is 11.8. The molecule has 1 saturated heterocycles. The number of hydrogen-bond donors (Lipinski definition) is 1. The number of fused-ring (bicyclic) bond motifs is 1. The second-order valence-electron chi connectivity index (χ2n) is 7.21. The summed E-state index contributed by atoms with van der Waals surface area (Å²) < 4.78 is 37.9. The third-order valence-electron chi connectivity index (χ3n) is 5.18. The summed E-state index contributed by atoms with van der Waals surface area (Å²) >= 11 is 12.3. The van der Waals surface area contributed by atoms with Gasteiger partial charge in [0.25, 0.3) is 0 Å². The van der Waals surface area contributed by atoms with Crippen molar-refractivity contribution >= 4 is 44.8 Å². The number of piperidine rings is 1. The van der Waals surface area contributed by atoms with Gasteiger partial charge in [0, 0.05) is 40.5 Å². The van der Waals surface area contributed by atoms with Gasteiger partial charge in [-0.15, -0.1) is 0 Å². The van der Waals surface area contributed by atoms with E-state index in [1.54, 1.807) is 36.4 Å². The number of benzene rings is 2. The monoisotopic (exact) mass is 470 g/mol. The molecule has 10 heteroatoms. The minimum Gasteiger partial charge on any atom is -0.454 e. The van der Waals surface area contributed by atoms with Crippen LogP contribution in [-0.2, 0) is 20.6 Å². The fourth-order valence-electron chi connectivity index (χ4n) is 3.57. The molecule has 1 fully saturated rings. The normalized spacial score (nSPS) is 18.9. The van der Waals surface area contributed by atoms with Crippen LogP contribution < -0.4 is 14.8 Å². The summed E-state index contributed by atoms with van der Waals surface area (Å²) in [7, 11) is -3.68. The molecule has 2 aliphatic heterocycles. The van der Waals surface area contributed by atoms with Crippen LogP contribution in [0.4, 0.5) is 5.69 Å². The van der Waals surface area contributed by atoms with Gasteiger partial charge in [-0.05, 0) is 37.1 Å². The van der Waals surface area contributed by atoms with Crippen molar-refractivity contribution in [3.8, 4) is 11.5 Å². The highest BCUT2D eigenvalue weighted by Gasteiger charge is 2.33. The summed E-state index contributed by atoms with van der Waals surface area (Å²) in [4.78, 5) is 12.8. The molecule has 0 radical (unpaired) electrons. The van der Waals surface area contributed by atoms with Crippen molar-refractivity contribution in [1.29, 1.82) is 0 Å². The smallest absolute Gasteiger partial charge is 0.231 e. The molecule has 0 saturated carbocycles. The van der Waals surface area contributed by atoms with Crippen molar-refractivity contribution in [2.45, 2.75) is 18.6 Å². The molecule has 4 rings (SSSR count). The lowest BCUT2D eigenvalue weighted by Gasteiger charge is -2.31. The van der Waals surface area contributed by atoms with Crippen LogP contribution in [0.2, 0.25) is 10.0 Å². The van der Waals surface area contributed by atoms with Gasteiger partial charge in [0.2, 0.25) is 22.7 Å². The number of nitrogens with one attached hydrogen (secondary N) is 1. The van der Waals surface area contributed by atoms with Crippen molar-refractivity contribution < 1.29 is 22.7 Å². The van der Waals surface area contributed by atoms with E-state index in [9.17, 15) is 13.2 Å². The summed E-state index contributed by atoms with van der Waals surface area (Å²) in [6, 6.07) is 10.0. The van der Waals surface area contributed by atoms with Crippen molar-refractivity contribution in [3.63, 3.8) is 0 Å². The van der Waals surface area contributed by atoms with Crippen molar-refractivity contribution in [2.24, 2.45) is 5.92 Å². The summed E-state index contributed by atoms with van der Waals surface area (Å²) in [6.07, 6.45) is 1.20. The van der Waals surface area contributed by atoms with Crippen molar-refractivity contribution in [1.82, 2.24) is 4.31 Å². The maximum Gasteiger partial charge on any atom is 0.231 e. The van der Waals surface area contributed by atoms with E-state index in [4.69, 9.17) is 32.7 Å². The van der Waals surface area contributed by atoms with E-state index in [1.165, 1.54) is 4.31 Å². The standard InChI is InChI=1S/C20H20Cl2N2O5S/c21-16-4-1-5-17(22)15(16)11-30(26,27)24-8-2-3-13(10-24)20(25)23-14-6-7-18-19(9-14)29-12-28-18/h1,4-7,9,13H,2-3,8,10-12H2,(H,23,25)/t13-/m1/s1. The lowest BCUT2D eigenvalue weighted by atomic mass is 9.98. The van der Waals surface area contributed by atoms with Crippen LogP contribution >= 0.6 is 23.2 Å². The quantitative estimate of drug-likeness (QED) is 0.715. The molecule has 0 aliphatic carbocycles. The second kappa shape index (κ2) is 8.63. The Morgan fingerprint density at radius 2 is 1.87 bits per heavy atom. The topological polar surface area (TPSA) is 84.9 Å². The van der Waals surface area contributed by atoms with E-state index < -0.39 is 15.9 Å². The highest BCUT2D eigenvalue weighted by molar-refractivity contribution is 7.88. The SMILES string of the molecule is O=C(Nc1ccc2c(c1)OCO2)[C@@H]1CCCN(S(=O)(=O)Cc2c(Cl)cccc2Cl)C1. The highest BCUT2D eigenvalue weighted by atomic mass is 35.5. The van der Waals surface area contributed by atoms with Gasteiger partial charge in [0.15, 0.2) is 11.5 Å². The number of hydrogen-bond acceptors (Lipinski definition) is 5. The zero-order valence-corrected chi connectivity index (χ0v) is 18.3. The van der Waals surface area contributed by atoms with Gasteiger partial charge in [-0.25, -0.2) is 12.7 Å². The maximum atomic E-state index is 13.0. The lowest BCUT2D eigenvalue weighted by Crippen LogP contribution is -2.44. The number of nitrogens with zero attached hydrogens (tertiary/aromatic N) is 1. The minimum absolute atomic E-state index is 0.112. The molecule has 0 unspecified atom stereocenters. The molecule has 0 bridgehead atoms. The first-order valence-electron chi connectivity index (χ1n) is 9.45. The summed E-state index contributed by atoms with van der Waals surface area (Å²) in [6.45, 7) is 0.622. The Bertz CT molecular complexity index is 1060. The first kappa shape index (κ1) is 21.2. The van der Waals surface area contributed by atoms with Crippen LogP contribution in [0.3, 0.4) is 0 Å². The molecule has 2 heterocycles. The number of sulfonamides is 1. The Kier molecular flexibility index (Phi) is 6.11. The van der Waals surface area contributed by atoms with Gasteiger partial charge in [-0.1, -0.05) is 29.3 Å². The minimum atomic E-state index is -3.68. The van der Waals surface area contributed by atoms with Crippen LogP contribution in [0, 0.1) is 5.92 Å². The Labute approximate surface area is 184 Å². The first-order chi connectivity index (χ1) is 14.3. The maximum absolute atomic E-state index is 13.0. The van der Waals surface area contributed by atoms with Crippen LogP contribution in [-0.4, -0.2) is 38.5 Å². The largest absolute Gasteiger partial charge is 0.454 e. The molecule has 1 N–H and O–H groups in total. The molecule has 30 heavy (non-hydrogen) atoms. The zero-order chi connectivity index (χ0) is 21.3. The molecule has 1 atom stereocenters. The van der Waals surface area contributed by atoms with E-state index in [2.05, 4.69) is 5.32 Å². The Morgan fingerprint density at radius 3 is 2.63 bits per heavy atom. The zero-order valence-electron chi connectivity index (χ0n) is 15.9. The average Bonchev–Trinajstić information content (AvgIpc) is 3.19. The van der Waals surface area contributed by atoms with Gasteiger partial charge in [0.05, 0.1) is 11.7 Å². The van der Waals surface area contributed by atoms with E-state index in [1.807, 2.05) is 0 Å². The molecule has 2 aromatic rings. The number of carbonyl (C=O) groups excluding carboxylic acids is 1. The molecule has 0 aromatic heterocycles. The highest BCUT2D eigenvalue weighted by Crippen LogP contribution is 2.35. The molecular formula is C20H20Cl2N2O5S. The van der Waals surface area contributed by atoms with Crippen molar-refractivity contribution in [2.75, 3.05) is 25.2 Å². The Balaban J connectivity index is 1.44. The average molecular weight is 471 g/mol. The van der Waals surface area contributed by atoms with Crippen molar-refractivity contribution in [3.05, 3.63) is 52.0 Å². The molecule has 1 amide bonds. The van der Waals surface area contributed by atoms with Crippen LogP contribution in [0.15, 0.2) is 36.4 Å². The van der Waals surface area contributed by atoms with E-state index in [0.29, 0.717) is 52.2 Å². The molecule has 160 valence electrons. The summed E-state index contributed by atoms with van der Waals surface area (Å²) in [5, 5.41) is 3.45. The number of amides is 1. The predicted molar refractivity (Wildman–Crippen MR) is 115 cm³/mol. The van der Waals surface area contributed by atoms with Gasteiger partial charge < -0.3 is 14.8 Å². The van der Waals surface area contributed by atoms with Gasteiger partial charge in [0.1, 0.15) is 0 Å². The fraction of sp³-hybridized carbons (Fsp3) is 0.350.